The summed E-state index contributed by atoms with van der Waals surface area (Å²) in [6.07, 6.45) is 2.26. The van der Waals surface area contributed by atoms with Gasteiger partial charge in [-0.3, -0.25) is 4.79 Å². The molecule has 1 saturated carbocycles. The largest absolute Gasteiger partial charge is 0.372 e. The van der Waals surface area contributed by atoms with Gasteiger partial charge in [-0.25, -0.2) is 0 Å². The maximum absolute atomic E-state index is 12.2. The summed E-state index contributed by atoms with van der Waals surface area (Å²) in [5.74, 6) is 1.54. The number of carbonyl (C=O) groups excluding carboxylic acids is 1. The lowest BCUT2D eigenvalue weighted by atomic mass is 10.2. The van der Waals surface area contributed by atoms with Crippen LogP contribution in [0.25, 0.3) is 0 Å². The van der Waals surface area contributed by atoms with E-state index >= 15 is 0 Å². The lowest BCUT2D eigenvalue weighted by molar-refractivity contribution is 0.0946. The molecule has 1 heterocycles. The molecule has 0 atom stereocenters. The zero-order valence-corrected chi connectivity index (χ0v) is 13.6. The molecule has 1 fully saturated rings. The van der Waals surface area contributed by atoms with Crippen LogP contribution in [-0.2, 0) is 6.54 Å². The molecule has 0 bridgehead atoms. The maximum atomic E-state index is 12.2. The van der Waals surface area contributed by atoms with E-state index in [9.17, 15) is 4.79 Å². The Morgan fingerprint density at radius 2 is 1.96 bits per heavy atom. The normalized spacial score (nSPS) is 13.8. The Bertz CT molecular complexity index is 657. The summed E-state index contributed by atoms with van der Waals surface area (Å²) in [7, 11) is 0. The zero-order chi connectivity index (χ0) is 16.2. The summed E-state index contributed by atoms with van der Waals surface area (Å²) in [5.41, 5.74) is 1.75. The number of nitrogens with zero attached hydrogens (tertiary/aromatic N) is 3. The minimum Gasteiger partial charge on any atom is -0.372 e. The van der Waals surface area contributed by atoms with E-state index in [4.69, 9.17) is 4.52 Å². The lowest BCUT2D eigenvalue weighted by Crippen LogP contribution is -2.24. The van der Waals surface area contributed by atoms with Crippen LogP contribution < -0.4 is 10.2 Å². The highest BCUT2D eigenvalue weighted by molar-refractivity contribution is 5.94. The molecule has 0 unspecified atom stereocenters. The number of benzene rings is 1. The Labute approximate surface area is 135 Å². The van der Waals surface area contributed by atoms with Crippen molar-refractivity contribution >= 4 is 11.6 Å². The minimum atomic E-state index is -0.137. The van der Waals surface area contributed by atoms with E-state index in [0.717, 1.165) is 37.4 Å². The molecule has 1 aromatic carbocycles. The Morgan fingerprint density at radius 1 is 1.26 bits per heavy atom. The molecule has 0 aliphatic heterocycles. The van der Waals surface area contributed by atoms with Crippen molar-refractivity contribution in [2.75, 3.05) is 18.0 Å². The van der Waals surface area contributed by atoms with Crippen LogP contribution in [0.15, 0.2) is 28.8 Å². The van der Waals surface area contributed by atoms with E-state index in [-0.39, 0.29) is 12.5 Å². The Hall–Kier alpha value is -2.37. The predicted octanol–water partition coefficient (Wildman–Crippen LogP) is 2.72. The molecule has 23 heavy (non-hydrogen) atoms. The van der Waals surface area contributed by atoms with E-state index in [1.807, 2.05) is 24.3 Å². The second-order valence-corrected chi connectivity index (χ2v) is 5.72. The van der Waals surface area contributed by atoms with E-state index in [0.29, 0.717) is 17.4 Å². The second kappa shape index (κ2) is 6.81. The number of nitrogens with one attached hydrogen (secondary N) is 1. The summed E-state index contributed by atoms with van der Waals surface area (Å²) < 4.78 is 5.15. The highest BCUT2D eigenvalue weighted by Crippen LogP contribution is 2.38. The van der Waals surface area contributed by atoms with Gasteiger partial charge in [0.25, 0.3) is 5.91 Å². The highest BCUT2D eigenvalue weighted by atomic mass is 16.5. The van der Waals surface area contributed by atoms with Crippen molar-refractivity contribution in [3.63, 3.8) is 0 Å². The van der Waals surface area contributed by atoms with Crippen molar-refractivity contribution in [3.05, 3.63) is 41.5 Å². The van der Waals surface area contributed by atoms with Crippen molar-refractivity contribution < 1.29 is 9.32 Å². The molecular formula is C17H22N4O2. The van der Waals surface area contributed by atoms with Gasteiger partial charge in [0.15, 0.2) is 5.82 Å². The lowest BCUT2D eigenvalue weighted by Gasteiger charge is -2.21. The molecule has 0 spiro atoms. The third-order valence-corrected chi connectivity index (χ3v) is 4.08. The summed E-state index contributed by atoms with van der Waals surface area (Å²) >= 11 is 0. The van der Waals surface area contributed by atoms with Crippen LogP contribution in [0, 0.1) is 0 Å². The van der Waals surface area contributed by atoms with Crippen molar-refractivity contribution in [2.24, 2.45) is 0 Å². The van der Waals surface area contributed by atoms with Gasteiger partial charge in [-0.05, 0) is 51.0 Å². The third-order valence-electron chi connectivity index (χ3n) is 4.08. The summed E-state index contributed by atoms with van der Waals surface area (Å²) in [5, 5.41) is 6.75. The molecule has 0 radical (unpaired) electrons. The van der Waals surface area contributed by atoms with Gasteiger partial charge < -0.3 is 14.7 Å². The first kappa shape index (κ1) is 15.5. The number of hydrogen-bond acceptors (Lipinski definition) is 5. The first-order valence-electron chi connectivity index (χ1n) is 8.17. The van der Waals surface area contributed by atoms with Gasteiger partial charge in [-0.2, -0.15) is 4.98 Å². The average molecular weight is 314 g/mol. The molecule has 1 aromatic heterocycles. The fourth-order valence-electron chi connectivity index (χ4n) is 2.52. The Kier molecular flexibility index (Phi) is 4.60. The van der Waals surface area contributed by atoms with Crippen LogP contribution in [0.5, 0.6) is 0 Å². The number of rotatable bonds is 7. The van der Waals surface area contributed by atoms with E-state index in [1.54, 1.807) is 0 Å². The topological polar surface area (TPSA) is 71.3 Å². The van der Waals surface area contributed by atoms with Crippen molar-refractivity contribution in [1.82, 2.24) is 15.5 Å². The monoisotopic (exact) mass is 314 g/mol. The van der Waals surface area contributed by atoms with E-state index in [1.165, 1.54) is 0 Å². The average Bonchev–Trinajstić information content (AvgIpc) is 3.33. The van der Waals surface area contributed by atoms with Crippen LogP contribution in [0.1, 0.15) is 54.7 Å². The first-order valence-corrected chi connectivity index (χ1v) is 8.17. The molecule has 6 heteroatoms. The third kappa shape index (κ3) is 3.70. The molecule has 2 aromatic rings. The quantitative estimate of drug-likeness (QED) is 0.851. The number of hydrogen-bond donors (Lipinski definition) is 1. The zero-order valence-electron chi connectivity index (χ0n) is 13.6. The standard InChI is InChI=1S/C17H22N4O2/c1-3-21(4-2)14-9-7-13(8-10-14)17(22)18-11-15-19-16(20-23-15)12-5-6-12/h7-10,12H,3-6,11H2,1-2H3,(H,18,22). The van der Waals surface area contributed by atoms with Gasteiger partial charge in [0.2, 0.25) is 5.89 Å². The van der Waals surface area contributed by atoms with Crippen LogP contribution in [0.2, 0.25) is 0 Å². The predicted molar refractivity (Wildman–Crippen MR) is 87.4 cm³/mol. The van der Waals surface area contributed by atoms with Crippen LogP contribution in [-0.4, -0.2) is 29.1 Å². The van der Waals surface area contributed by atoms with Crippen molar-refractivity contribution in [2.45, 2.75) is 39.2 Å². The highest BCUT2D eigenvalue weighted by Gasteiger charge is 2.28. The van der Waals surface area contributed by atoms with Gasteiger partial charge in [0.05, 0.1) is 6.54 Å². The molecule has 1 amide bonds. The maximum Gasteiger partial charge on any atom is 0.251 e. The van der Waals surface area contributed by atoms with Gasteiger partial charge >= 0.3 is 0 Å². The number of anilines is 1. The van der Waals surface area contributed by atoms with Gasteiger partial charge in [0, 0.05) is 30.3 Å². The van der Waals surface area contributed by atoms with Gasteiger partial charge in [-0.15, -0.1) is 0 Å². The summed E-state index contributed by atoms with van der Waals surface area (Å²) in [4.78, 5) is 18.7. The van der Waals surface area contributed by atoms with E-state index < -0.39 is 0 Å². The van der Waals surface area contributed by atoms with Crippen LogP contribution >= 0.6 is 0 Å². The molecule has 3 rings (SSSR count). The summed E-state index contributed by atoms with van der Waals surface area (Å²) in [6, 6.07) is 7.62. The molecule has 122 valence electrons. The Morgan fingerprint density at radius 3 is 2.57 bits per heavy atom. The van der Waals surface area contributed by atoms with E-state index in [2.05, 4.69) is 34.2 Å². The minimum absolute atomic E-state index is 0.137. The van der Waals surface area contributed by atoms with Gasteiger partial charge in [-0.1, -0.05) is 5.16 Å². The van der Waals surface area contributed by atoms with Crippen molar-refractivity contribution in [3.8, 4) is 0 Å². The van der Waals surface area contributed by atoms with Gasteiger partial charge in [0.1, 0.15) is 0 Å². The molecule has 0 saturated heterocycles. The smallest absolute Gasteiger partial charge is 0.251 e. The number of carbonyl (C=O) groups is 1. The molecular weight excluding hydrogens is 292 g/mol. The van der Waals surface area contributed by atoms with Crippen molar-refractivity contribution in [1.29, 1.82) is 0 Å². The SMILES string of the molecule is CCN(CC)c1ccc(C(=O)NCc2nc(C3CC3)no2)cc1. The fourth-order valence-corrected chi connectivity index (χ4v) is 2.52. The number of aromatic nitrogens is 2. The van der Waals surface area contributed by atoms with Crippen LogP contribution in [0.4, 0.5) is 5.69 Å². The van der Waals surface area contributed by atoms with Crippen LogP contribution in [0.3, 0.4) is 0 Å². The molecule has 1 aliphatic carbocycles. The molecule has 1 N–H and O–H groups in total. The number of amides is 1. The second-order valence-electron chi connectivity index (χ2n) is 5.72. The Balaban J connectivity index is 1.56. The fraction of sp³-hybridized carbons (Fsp3) is 0.471. The molecule has 6 nitrogen and oxygen atoms in total. The molecule has 1 aliphatic rings. The summed E-state index contributed by atoms with van der Waals surface area (Å²) in [6.45, 7) is 6.39. The first-order chi connectivity index (χ1) is 11.2.